The second-order valence-electron chi connectivity index (χ2n) is 7.92. The molecule has 0 bridgehead atoms. The SMILES string of the molecule is O=C(Cn1c(=O)[nH]c2ccccc2c1=O)NC(Cn1cnc2ccccc21)c1ccc(F)cc1. The summed E-state index contributed by atoms with van der Waals surface area (Å²) in [6.45, 7) is -0.137. The first-order valence-electron chi connectivity index (χ1n) is 10.7. The summed E-state index contributed by atoms with van der Waals surface area (Å²) in [6.07, 6.45) is 1.67. The highest BCUT2D eigenvalue weighted by Crippen LogP contribution is 2.20. The van der Waals surface area contributed by atoms with Crippen LogP contribution in [-0.4, -0.2) is 25.0 Å². The molecule has 0 saturated carbocycles. The lowest BCUT2D eigenvalue weighted by Gasteiger charge is -2.20. The Morgan fingerprint density at radius 2 is 1.74 bits per heavy atom. The number of benzene rings is 3. The minimum Gasteiger partial charge on any atom is -0.346 e. The van der Waals surface area contributed by atoms with E-state index < -0.39 is 35.6 Å². The van der Waals surface area contributed by atoms with Crippen molar-refractivity contribution in [1.82, 2.24) is 24.4 Å². The number of para-hydroxylation sites is 3. The molecular weight excluding hydrogens is 437 g/mol. The van der Waals surface area contributed by atoms with E-state index >= 15 is 0 Å². The van der Waals surface area contributed by atoms with E-state index in [2.05, 4.69) is 15.3 Å². The van der Waals surface area contributed by atoms with Gasteiger partial charge in [-0.15, -0.1) is 0 Å². The molecule has 5 aromatic rings. The quantitative estimate of drug-likeness (QED) is 0.409. The van der Waals surface area contributed by atoms with Crippen LogP contribution in [0.25, 0.3) is 21.9 Å². The number of carbonyl (C=O) groups is 1. The molecule has 9 heteroatoms. The number of halogens is 1. The van der Waals surface area contributed by atoms with Gasteiger partial charge in [0.05, 0.1) is 34.3 Å². The lowest BCUT2D eigenvalue weighted by atomic mass is 10.1. The molecule has 0 aliphatic rings. The van der Waals surface area contributed by atoms with E-state index in [4.69, 9.17) is 0 Å². The van der Waals surface area contributed by atoms with Gasteiger partial charge >= 0.3 is 5.69 Å². The molecule has 3 aromatic carbocycles. The molecule has 2 heterocycles. The van der Waals surface area contributed by atoms with Gasteiger partial charge in [0.25, 0.3) is 5.56 Å². The topological polar surface area (TPSA) is 102 Å². The molecule has 0 fully saturated rings. The number of rotatable bonds is 6. The van der Waals surface area contributed by atoms with Gasteiger partial charge in [0, 0.05) is 6.54 Å². The molecule has 0 radical (unpaired) electrons. The molecule has 2 aromatic heterocycles. The summed E-state index contributed by atoms with van der Waals surface area (Å²) in [5.41, 5.74) is 1.55. The van der Waals surface area contributed by atoms with Gasteiger partial charge < -0.3 is 14.9 Å². The largest absolute Gasteiger partial charge is 0.346 e. The Labute approximate surface area is 192 Å². The third kappa shape index (κ3) is 4.11. The Balaban J connectivity index is 1.45. The molecule has 0 spiro atoms. The zero-order chi connectivity index (χ0) is 23.7. The van der Waals surface area contributed by atoms with E-state index in [9.17, 15) is 18.8 Å². The molecule has 0 aliphatic heterocycles. The molecule has 170 valence electrons. The first-order valence-corrected chi connectivity index (χ1v) is 10.7. The van der Waals surface area contributed by atoms with E-state index in [1.807, 2.05) is 28.8 Å². The van der Waals surface area contributed by atoms with Gasteiger partial charge in [-0.2, -0.15) is 0 Å². The average molecular weight is 457 g/mol. The number of hydrogen-bond acceptors (Lipinski definition) is 4. The van der Waals surface area contributed by atoms with Crippen molar-refractivity contribution in [3.8, 4) is 0 Å². The highest BCUT2D eigenvalue weighted by Gasteiger charge is 2.19. The Morgan fingerprint density at radius 1 is 1.00 bits per heavy atom. The molecule has 34 heavy (non-hydrogen) atoms. The fourth-order valence-electron chi connectivity index (χ4n) is 4.01. The lowest BCUT2D eigenvalue weighted by molar-refractivity contribution is -0.122. The average Bonchev–Trinajstić information content (AvgIpc) is 3.25. The number of carbonyl (C=O) groups excluding carboxylic acids is 1. The first-order chi connectivity index (χ1) is 16.5. The fraction of sp³-hybridized carbons (Fsp3) is 0.120. The Bertz CT molecular complexity index is 1620. The second kappa shape index (κ2) is 8.78. The van der Waals surface area contributed by atoms with Crippen molar-refractivity contribution >= 4 is 27.8 Å². The highest BCUT2D eigenvalue weighted by molar-refractivity contribution is 5.79. The summed E-state index contributed by atoms with van der Waals surface area (Å²) in [5.74, 6) is -0.919. The summed E-state index contributed by atoms with van der Waals surface area (Å²) in [7, 11) is 0. The standard InChI is InChI=1S/C25H20FN5O3/c26-17-11-9-16(10-12-17)21(13-30-15-27-20-7-3-4-8-22(20)30)28-23(32)14-31-24(33)18-5-1-2-6-19(18)29-25(31)34/h1-12,15,21H,13-14H2,(H,28,32)(H,29,34). The first kappa shape index (κ1) is 21.3. The summed E-state index contributed by atoms with van der Waals surface area (Å²) in [4.78, 5) is 45.2. The zero-order valence-electron chi connectivity index (χ0n) is 17.9. The Hall–Kier alpha value is -4.53. The van der Waals surface area contributed by atoms with Gasteiger partial charge in [-0.05, 0) is 42.0 Å². The molecule has 5 rings (SSSR count). The molecule has 1 atom stereocenters. The molecular formula is C25H20FN5O3. The molecule has 1 unspecified atom stereocenters. The van der Waals surface area contributed by atoms with Crippen molar-refractivity contribution < 1.29 is 9.18 Å². The van der Waals surface area contributed by atoms with Crippen molar-refractivity contribution in [1.29, 1.82) is 0 Å². The minimum atomic E-state index is -0.669. The van der Waals surface area contributed by atoms with Crippen LogP contribution in [-0.2, 0) is 17.9 Å². The number of H-pyrrole nitrogens is 1. The zero-order valence-corrected chi connectivity index (χ0v) is 17.9. The van der Waals surface area contributed by atoms with Gasteiger partial charge in [-0.25, -0.2) is 14.2 Å². The van der Waals surface area contributed by atoms with Crippen molar-refractivity contribution in [3.63, 3.8) is 0 Å². The van der Waals surface area contributed by atoms with Crippen LogP contribution in [0.3, 0.4) is 0 Å². The van der Waals surface area contributed by atoms with Crippen LogP contribution in [0.15, 0.2) is 88.7 Å². The van der Waals surface area contributed by atoms with E-state index in [1.165, 1.54) is 12.1 Å². The maximum absolute atomic E-state index is 13.5. The Kier molecular flexibility index (Phi) is 5.51. The number of hydrogen-bond donors (Lipinski definition) is 2. The monoisotopic (exact) mass is 457 g/mol. The third-order valence-electron chi connectivity index (χ3n) is 5.71. The number of amides is 1. The predicted octanol–water partition coefficient (Wildman–Crippen LogP) is 2.74. The van der Waals surface area contributed by atoms with Gasteiger partial charge in [0.2, 0.25) is 5.91 Å². The number of aromatic amines is 1. The minimum absolute atomic E-state index is 0.315. The summed E-state index contributed by atoms with van der Waals surface area (Å²) < 4.78 is 16.3. The molecule has 0 aliphatic carbocycles. The van der Waals surface area contributed by atoms with Crippen LogP contribution in [0.2, 0.25) is 0 Å². The summed E-state index contributed by atoms with van der Waals surface area (Å²) >= 11 is 0. The van der Waals surface area contributed by atoms with Crippen LogP contribution < -0.4 is 16.6 Å². The van der Waals surface area contributed by atoms with Crippen molar-refractivity contribution in [2.24, 2.45) is 0 Å². The van der Waals surface area contributed by atoms with E-state index in [-0.39, 0.29) is 0 Å². The van der Waals surface area contributed by atoms with Gasteiger partial charge in [0.1, 0.15) is 12.4 Å². The third-order valence-corrected chi connectivity index (χ3v) is 5.71. The lowest BCUT2D eigenvalue weighted by Crippen LogP contribution is -2.42. The molecule has 0 saturated heterocycles. The highest BCUT2D eigenvalue weighted by atomic mass is 19.1. The van der Waals surface area contributed by atoms with Crippen LogP contribution in [0.5, 0.6) is 0 Å². The normalized spacial score (nSPS) is 12.1. The maximum Gasteiger partial charge on any atom is 0.329 e. The van der Waals surface area contributed by atoms with Crippen LogP contribution >= 0.6 is 0 Å². The van der Waals surface area contributed by atoms with Crippen LogP contribution in [0.4, 0.5) is 4.39 Å². The van der Waals surface area contributed by atoms with Gasteiger partial charge in [-0.1, -0.05) is 36.4 Å². The van der Waals surface area contributed by atoms with Gasteiger partial charge in [-0.3, -0.25) is 14.2 Å². The van der Waals surface area contributed by atoms with Crippen LogP contribution in [0, 0.1) is 5.82 Å². The van der Waals surface area contributed by atoms with E-state index in [1.54, 1.807) is 42.7 Å². The molecule has 1 amide bonds. The fourth-order valence-corrected chi connectivity index (χ4v) is 4.01. The van der Waals surface area contributed by atoms with Crippen LogP contribution in [0.1, 0.15) is 11.6 Å². The number of nitrogens with zero attached hydrogens (tertiary/aromatic N) is 3. The summed E-state index contributed by atoms with van der Waals surface area (Å²) in [6, 6.07) is 19.5. The number of fused-ring (bicyclic) bond motifs is 2. The molecule has 8 nitrogen and oxygen atoms in total. The van der Waals surface area contributed by atoms with E-state index in [0.717, 1.165) is 15.6 Å². The van der Waals surface area contributed by atoms with Gasteiger partial charge in [0.15, 0.2) is 0 Å². The number of aromatic nitrogens is 4. The smallest absolute Gasteiger partial charge is 0.329 e. The number of imidazole rings is 1. The predicted molar refractivity (Wildman–Crippen MR) is 126 cm³/mol. The number of nitrogens with one attached hydrogen (secondary N) is 2. The molecule has 2 N–H and O–H groups in total. The van der Waals surface area contributed by atoms with Crippen molar-refractivity contribution in [3.05, 3.63) is 111 Å². The summed E-state index contributed by atoms with van der Waals surface area (Å²) in [5, 5.41) is 3.20. The van der Waals surface area contributed by atoms with Crippen molar-refractivity contribution in [2.45, 2.75) is 19.1 Å². The van der Waals surface area contributed by atoms with Crippen molar-refractivity contribution in [2.75, 3.05) is 0 Å². The second-order valence-corrected chi connectivity index (χ2v) is 7.92. The maximum atomic E-state index is 13.5. The Morgan fingerprint density at radius 3 is 2.56 bits per heavy atom. The van der Waals surface area contributed by atoms with E-state index in [0.29, 0.717) is 23.0 Å².